The molecule has 4 aromatic rings. The molecule has 0 aliphatic heterocycles. The van der Waals surface area contributed by atoms with Gasteiger partial charge in [-0.15, -0.1) is 0 Å². The Kier molecular flexibility index (Phi) is 8.59. The van der Waals surface area contributed by atoms with Gasteiger partial charge in [0.1, 0.15) is 0 Å². The minimum absolute atomic E-state index is 0.245. The van der Waals surface area contributed by atoms with Crippen LogP contribution in [0.25, 0.3) is 11.0 Å². The Morgan fingerprint density at radius 2 is 1.59 bits per heavy atom. The molecule has 0 fully saturated rings. The van der Waals surface area contributed by atoms with Gasteiger partial charge >= 0.3 is 12.1 Å². The summed E-state index contributed by atoms with van der Waals surface area (Å²) in [4.78, 5) is 17.0. The van der Waals surface area contributed by atoms with Crippen LogP contribution < -0.4 is 14.2 Å². The van der Waals surface area contributed by atoms with E-state index in [1.165, 1.54) is 31.0 Å². The molecule has 0 aliphatic rings. The van der Waals surface area contributed by atoms with Gasteiger partial charge in [-0.25, -0.2) is 9.78 Å². The molecule has 1 aromatic heterocycles. The van der Waals surface area contributed by atoms with Crippen LogP contribution in [0.3, 0.4) is 0 Å². The maximum absolute atomic E-state index is 13.1. The Morgan fingerprint density at radius 1 is 0.923 bits per heavy atom. The van der Waals surface area contributed by atoms with Gasteiger partial charge in [0.2, 0.25) is 5.75 Å². The van der Waals surface area contributed by atoms with Gasteiger partial charge < -0.3 is 23.5 Å². The molecule has 0 aliphatic carbocycles. The third-order valence-electron chi connectivity index (χ3n) is 5.94. The second kappa shape index (κ2) is 11.9. The molecule has 0 bridgehead atoms. The summed E-state index contributed by atoms with van der Waals surface area (Å²) in [6, 6.07) is 13.8. The smallest absolute Gasteiger partial charge is 0.416 e. The Morgan fingerprint density at radius 3 is 2.15 bits per heavy atom. The first-order valence-electron chi connectivity index (χ1n) is 11.9. The largest absolute Gasteiger partial charge is 0.493 e. The molecule has 7 nitrogen and oxygen atoms in total. The zero-order valence-electron chi connectivity index (χ0n) is 21.8. The summed E-state index contributed by atoms with van der Waals surface area (Å²) in [6.45, 7) is 2.26. The number of fused-ring (bicyclic) bond motifs is 1. The van der Waals surface area contributed by atoms with Gasteiger partial charge in [0.05, 0.1) is 56.6 Å². The summed E-state index contributed by atoms with van der Waals surface area (Å²) in [5.74, 6) is 1.55. The fraction of sp³-hybridized carbons (Fsp3) is 0.286. The molecule has 0 unspecified atom stereocenters. The van der Waals surface area contributed by atoms with Crippen LogP contribution in [0.2, 0.25) is 0 Å². The number of alkyl halides is 3. The molecule has 11 heteroatoms. The summed E-state index contributed by atoms with van der Waals surface area (Å²) >= 11 is 1.43. The van der Waals surface area contributed by atoms with Gasteiger partial charge in [-0.3, -0.25) is 0 Å². The lowest BCUT2D eigenvalue weighted by Crippen LogP contribution is -2.06. The molecule has 0 N–H and O–H groups in total. The molecule has 206 valence electrons. The standard InChI is InChI=1S/C28H27F3N2O5S/c1-5-38-26(34)19-8-11-22-21(14-19)32-27(33(22)15-17-6-9-20(10-7-17)28(29,30)31)39-16-18-12-23(35-2)25(37-4)24(13-18)36-3/h6-14H,5,15-16H2,1-4H3. The molecule has 0 amide bonds. The molecule has 0 atom stereocenters. The lowest BCUT2D eigenvalue weighted by Gasteiger charge is -2.14. The molecule has 4 rings (SSSR count). The van der Waals surface area contributed by atoms with Crippen LogP contribution in [0.5, 0.6) is 17.2 Å². The van der Waals surface area contributed by atoms with E-state index >= 15 is 0 Å². The van der Waals surface area contributed by atoms with Crippen LogP contribution in [0.15, 0.2) is 59.8 Å². The molecule has 0 saturated carbocycles. The van der Waals surface area contributed by atoms with Crippen LogP contribution in [-0.4, -0.2) is 43.5 Å². The predicted octanol–water partition coefficient (Wildman–Crippen LogP) is 6.60. The van der Waals surface area contributed by atoms with Crippen molar-refractivity contribution in [2.45, 2.75) is 30.6 Å². The molecular formula is C28H27F3N2O5S. The number of methoxy groups -OCH3 is 3. The summed E-state index contributed by atoms with van der Waals surface area (Å²) in [7, 11) is 4.61. The number of hydrogen-bond acceptors (Lipinski definition) is 7. The van der Waals surface area contributed by atoms with E-state index in [1.807, 2.05) is 16.7 Å². The third-order valence-corrected chi connectivity index (χ3v) is 6.99. The van der Waals surface area contributed by atoms with Crippen LogP contribution >= 0.6 is 11.8 Å². The molecule has 39 heavy (non-hydrogen) atoms. The van der Waals surface area contributed by atoms with Crippen molar-refractivity contribution >= 4 is 28.8 Å². The van der Waals surface area contributed by atoms with Crippen LogP contribution in [0, 0.1) is 0 Å². The number of aromatic nitrogens is 2. The SMILES string of the molecule is CCOC(=O)c1ccc2c(c1)nc(SCc1cc(OC)c(OC)c(OC)c1)n2Cc1ccc(C(F)(F)F)cc1. The minimum atomic E-state index is -4.41. The number of rotatable bonds is 10. The average molecular weight is 561 g/mol. The van der Waals surface area contributed by atoms with E-state index < -0.39 is 17.7 Å². The van der Waals surface area contributed by atoms with Crippen molar-refractivity contribution in [2.24, 2.45) is 0 Å². The fourth-order valence-electron chi connectivity index (χ4n) is 4.06. The second-order valence-corrected chi connectivity index (χ2v) is 9.36. The first kappa shape index (κ1) is 28.2. The molecule has 0 radical (unpaired) electrons. The Hall–Kier alpha value is -3.86. The number of ether oxygens (including phenoxy) is 4. The number of imidazole rings is 1. The Balaban J connectivity index is 1.70. The number of carbonyl (C=O) groups excluding carboxylic acids is 1. The molecule has 0 spiro atoms. The highest BCUT2D eigenvalue weighted by atomic mass is 32.2. The summed E-state index contributed by atoms with van der Waals surface area (Å²) in [5, 5.41) is 0.625. The zero-order chi connectivity index (χ0) is 28.2. The number of nitrogens with zero attached hydrogens (tertiary/aromatic N) is 2. The van der Waals surface area contributed by atoms with E-state index in [2.05, 4.69) is 0 Å². The highest BCUT2D eigenvalue weighted by Crippen LogP contribution is 2.40. The summed E-state index contributed by atoms with van der Waals surface area (Å²) < 4.78 is 62.5. The van der Waals surface area contributed by atoms with E-state index in [9.17, 15) is 18.0 Å². The summed E-state index contributed by atoms with van der Waals surface area (Å²) in [6.07, 6.45) is -4.41. The van der Waals surface area contributed by atoms with Gasteiger partial charge in [0.15, 0.2) is 16.7 Å². The highest BCUT2D eigenvalue weighted by Gasteiger charge is 2.30. The third kappa shape index (κ3) is 6.25. The fourth-order valence-corrected chi connectivity index (χ4v) is 5.00. The number of thioether (sulfide) groups is 1. The van der Waals surface area contributed by atoms with Crippen molar-refractivity contribution < 1.29 is 36.9 Å². The van der Waals surface area contributed by atoms with Gasteiger partial charge in [-0.05, 0) is 60.5 Å². The first-order chi connectivity index (χ1) is 18.7. The summed E-state index contributed by atoms with van der Waals surface area (Å²) in [5.41, 5.74) is 2.51. The number of carbonyl (C=O) groups is 1. The van der Waals surface area contributed by atoms with Crippen molar-refractivity contribution in [3.8, 4) is 17.2 Å². The lowest BCUT2D eigenvalue weighted by molar-refractivity contribution is -0.137. The van der Waals surface area contributed by atoms with Crippen molar-refractivity contribution in [2.75, 3.05) is 27.9 Å². The van der Waals surface area contributed by atoms with Gasteiger partial charge in [-0.2, -0.15) is 13.2 Å². The number of halogens is 3. The van der Waals surface area contributed by atoms with E-state index in [-0.39, 0.29) is 13.2 Å². The van der Waals surface area contributed by atoms with Crippen molar-refractivity contribution in [3.05, 3.63) is 76.9 Å². The number of esters is 1. The maximum atomic E-state index is 13.1. The quantitative estimate of drug-likeness (QED) is 0.160. The molecule has 1 heterocycles. The van der Waals surface area contributed by atoms with Crippen molar-refractivity contribution in [1.82, 2.24) is 9.55 Å². The number of hydrogen-bond donors (Lipinski definition) is 0. The van der Waals surface area contributed by atoms with Gasteiger partial charge in [-0.1, -0.05) is 23.9 Å². The Bertz CT molecular complexity index is 1440. The normalized spacial score (nSPS) is 11.5. The highest BCUT2D eigenvalue weighted by molar-refractivity contribution is 7.98. The van der Waals surface area contributed by atoms with E-state index in [0.29, 0.717) is 44.8 Å². The van der Waals surface area contributed by atoms with Gasteiger partial charge in [0.25, 0.3) is 0 Å². The van der Waals surface area contributed by atoms with Crippen LogP contribution in [-0.2, 0) is 23.2 Å². The first-order valence-corrected chi connectivity index (χ1v) is 12.9. The lowest BCUT2D eigenvalue weighted by atomic mass is 10.1. The van der Waals surface area contributed by atoms with Crippen molar-refractivity contribution in [3.63, 3.8) is 0 Å². The zero-order valence-corrected chi connectivity index (χ0v) is 22.6. The molecule has 0 saturated heterocycles. The second-order valence-electron chi connectivity index (χ2n) is 8.42. The predicted molar refractivity (Wildman–Crippen MR) is 142 cm³/mol. The van der Waals surface area contributed by atoms with E-state index in [0.717, 1.165) is 23.2 Å². The van der Waals surface area contributed by atoms with Crippen LogP contribution in [0.1, 0.15) is 34.0 Å². The van der Waals surface area contributed by atoms with E-state index in [1.54, 1.807) is 39.3 Å². The van der Waals surface area contributed by atoms with E-state index in [4.69, 9.17) is 23.9 Å². The average Bonchev–Trinajstić information content (AvgIpc) is 3.27. The van der Waals surface area contributed by atoms with Gasteiger partial charge in [0, 0.05) is 5.75 Å². The maximum Gasteiger partial charge on any atom is 0.416 e. The topological polar surface area (TPSA) is 71.8 Å². The Labute approximate surface area is 227 Å². The van der Waals surface area contributed by atoms with Crippen LogP contribution in [0.4, 0.5) is 13.2 Å². The molecule has 3 aromatic carbocycles. The minimum Gasteiger partial charge on any atom is -0.493 e. The monoisotopic (exact) mass is 560 g/mol. The number of benzene rings is 3. The molecular weight excluding hydrogens is 533 g/mol. The van der Waals surface area contributed by atoms with Crippen molar-refractivity contribution in [1.29, 1.82) is 0 Å².